The van der Waals surface area contributed by atoms with Gasteiger partial charge in [-0.25, -0.2) is 0 Å². The minimum Gasteiger partial charge on any atom is -0.396 e. The van der Waals surface area contributed by atoms with Crippen molar-refractivity contribution in [3.05, 3.63) is 35.4 Å². The Morgan fingerprint density at radius 2 is 2.15 bits per heavy atom. The molecule has 1 aromatic rings. The summed E-state index contributed by atoms with van der Waals surface area (Å²) in [6.07, 6.45) is 2.26. The minimum absolute atomic E-state index is 0.329. The van der Waals surface area contributed by atoms with Gasteiger partial charge in [0.2, 0.25) is 0 Å². The minimum atomic E-state index is 0.329. The Bertz CT molecular complexity index is 293. The fourth-order valence-corrected chi connectivity index (χ4v) is 2.30. The highest BCUT2D eigenvalue weighted by Gasteiger charge is 2.24. The first kappa shape index (κ1) is 8.76. The fourth-order valence-electron chi connectivity index (χ4n) is 2.30. The van der Waals surface area contributed by atoms with Gasteiger partial charge in [0.25, 0.3) is 0 Å². The summed E-state index contributed by atoms with van der Waals surface area (Å²) in [6.45, 7) is 2.55. The first-order valence-corrected chi connectivity index (χ1v) is 5.01. The largest absolute Gasteiger partial charge is 0.396 e. The van der Waals surface area contributed by atoms with Crippen LogP contribution in [0.4, 0.5) is 0 Å². The number of hydrogen-bond acceptors (Lipinski definition) is 1. The summed E-state index contributed by atoms with van der Waals surface area (Å²) in [5, 5.41) is 9.19. The normalized spacial score (nSPS) is 26.9. The topological polar surface area (TPSA) is 20.2 Å². The number of hydrogen-bond donors (Lipinski definition) is 1. The van der Waals surface area contributed by atoms with Crippen molar-refractivity contribution >= 4 is 0 Å². The van der Waals surface area contributed by atoms with Gasteiger partial charge in [0.15, 0.2) is 0 Å². The van der Waals surface area contributed by atoms with Crippen LogP contribution in [0.3, 0.4) is 0 Å². The Kier molecular flexibility index (Phi) is 2.36. The van der Waals surface area contributed by atoms with Gasteiger partial charge in [0, 0.05) is 6.61 Å². The van der Waals surface area contributed by atoms with Gasteiger partial charge in [-0.1, -0.05) is 31.2 Å². The Hall–Kier alpha value is -0.820. The van der Waals surface area contributed by atoms with Gasteiger partial charge in [0.1, 0.15) is 0 Å². The third-order valence-electron chi connectivity index (χ3n) is 3.27. The third kappa shape index (κ3) is 1.49. The van der Waals surface area contributed by atoms with Gasteiger partial charge in [-0.05, 0) is 35.8 Å². The van der Waals surface area contributed by atoms with Crippen LogP contribution in [-0.4, -0.2) is 11.7 Å². The zero-order valence-corrected chi connectivity index (χ0v) is 8.03. The maximum absolute atomic E-state index is 9.19. The lowest BCUT2D eigenvalue weighted by atomic mass is 9.76. The summed E-state index contributed by atoms with van der Waals surface area (Å²) in [4.78, 5) is 0. The van der Waals surface area contributed by atoms with Crippen molar-refractivity contribution < 1.29 is 5.11 Å². The predicted octanol–water partition coefficient (Wildman–Crippen LogP) is 2.34. The van der Waals surface area contributed by atoms with Crippen molar-refractivity contribution in [1.29, 1.82) is 0 Å². The number of aryl methyl sites for hydroxylation is 1. The summed E-state index contributed by atoms with van der Waals surface area (Å²) >= 11 is 0. The summed E-state index contributed by atoms with van der Waals surface area (Å²) in [7, 11) is 0. The maximum Gasteiger partial charge on any atom is 0.0465 e. The molecule has 2 unspecified atom stereocenters. The van der Waals surface area contributed by atoms with Gasteiger partial charge < -0.3 is 5.11 Å². The molecule has 1 aliphatic carbocycles. The van der Waals surface area contributed by atoms with Gasteiger partial charge in [-0.3, -0.25) is 0 Å². The van der Waals surface area contributed by atoms with E-state index >= 15 is 0 Å². The Morgan fingerprint density at radius 1 is 1.38 bits per heavy atom. The number of benzene rings is 1. The van der Waals surface area contributed by atoms with Crippen LogP contribution < -0.4 is 0 Å². The van der Waals surface area contributed by atoms with Gasteiger partial charge >= 0.3 is 0 Å². The van der Waals surface area contributed by atoms with Crippen LogP contribution in [-0.2, 0) is 6.42 Å². The molecule has 1 aromatic carbocycles. The first-order chi connectivity index (χ1) is 6.33. The molecule has 2 rings (SSSR count). The number of aliphatic hydroxyl groups is 1. The molecule has 1 N–H and O–H groups in total. The standard InChI is InChI=1S/C12H16O/c1-9-11(8-13)7-6-10-4-2-3-5-12(9)10/h2-5,9,11,13H,6-8H2,1H3. The second kappa shape index (κ2) is 3.51. The molecular weight excluding hydrogens is 160 g/mol. The Morgan fingerprint density at radius 3 is 2.92 bits per heavy atom. The summed E-state index contributed by atoms with van der Waals surface area (Å²) in [6, 6.07) is 8.60. The molecule has 1 heteroatoms. The zero-order chi connectivity index (χ0) is 9.26. The van der Waals surface area contributed by atoms with Crippen molar-refractivity contribution in [2.45, 2.75) is 25.7 Å². The lowest BCUT2D eigenvalue weighted by Gasteiger charge is -2.29. The van der Waals surface area contributed by atoms with E-state index in [1.807, 2.05) is 0 Å². The summed E-state index contributed by atoms with van der Waals surface area (Å²) in [5.74, 6) is 0.991. The lowest BCUT2D eigenvalue weighted by Crippen LogP contribution is -2.21. The molecule has 0 aromatic heterocycles. The Labute approximate surface area is 79.4 Å². The van der Waals surface area contributed by atoms with E-state index in [0.717, 1.165) is 12.8 Å². The predicted molar refractivity (Wildman–Crippen MR) is 53.8 cm³/mol. The van der Waals surface area contributed by atoms with E-state index in [0.29, 0.717) is 18.4 Å². The molecule has 1 nitrogen and oxygen atoms in total. The molecule has 13 heavy (non-hydrogen) atoms. The molecule has 0 fully saturated rings. The number of rotatable bonds is 1. The molecule has 0 bridgehead atoms. The van der Waals surface area contributed by atoms with Crippen LogP contribution in [0.25, 0.3) is 0 Å². The highest BCUT2D eigenvalue weighted by molar-refractivity contribution is 5.32. The van der Waals surface area contributed by atoms with E-state index in [9.17, 15) is 5.11 Å². The Balaban J connectivity index is 2.33. The third-order valence-corrected chi connectivity index (χ3v) is 3.27. The molecular formula is C12H16O. The monoisotopic (exact) mass is 176 g/mol. The lowest BCUT2D eigenvalue weighted by molar-refractivity contribution is 0.194. The van der Waals surface area contributed by atoms with Crippen LogP contribution >= 0.6 is 0 Å². The van der Waals surface area contributed by atoms with E-state index in [1.54, 1.807) is 0 Å². The van der Waals surface area contributed by atoms with Crippen molar-refractivity contribution in [3.63, 3.8) is 0 Å². The average molecular weight is 176 g/mol. The van der Waals surface area contributed by atoms with Gasteiger partial charge in [-0.15, -0.1) is 0 Å². The molecule has 0 spiro atoms. The fraction of sp³-hybridized carbons (Fsp3) is 0.500. The second-order valence-corrected chi connectivity index (χ2v) is 3.97. The van der Waals surface area contributed by atoms with E-state index in [4.69, 9.17) is 0 Å². The average Bonchev–Trinajstić information content (AvgIpc) is 2.19. The van der Waals surface area contributed by atoms with Crippen LogP contribution in [0.15, 0.2) is 24.3 Å². The van der Waals surface area contributed by atoms with E-state index < -0.39 is 0 Å². The SMILES string of the molecule is CC1c2ccccc2CCC1CO. The number of fused-ring (bicyclic) bond motifs is 1. The van der Waals surface area contributed by atoms with Crippen LogP contribution in [0.2, 0.25) is 0 Å². The van der Waals surface area contributed by atoms with Gasteiger partial charge in [0.05, 0.1) is 0 Å². The highest BCUT2D eigenvalue weighted by atomic mass is 16.3. The molecule has 0 radical (unpaired) electrons. The van der Waals surface area contributed by atoms with Gasteiger partial charge in [-0.2, -0.15) is 0 Å². The molecule has 0 amide bonds. The quantitative estimate of drug-likeness (QED) is 0.696. The van der Waals surface area contributed by atoms with Crippen LogP contribution in [0, 0.1) is 5.92 Å². The first-order valence-electron chi connectivity index (χ1n) is 5.01. The van der Waals surface area contributed by atoms with Crippen molar-refractivity contribution in [1.82, 2.24) is 0 Å². The molecule has 0 saturated heterocycles. The molecule has 1 aliphatic rings. The molecule has 0 saturated carbocycles. The summed E-state index contributed by atoms with van der Waals surface area (Å²) < 4.78 is 0. The van der Waals surface area contributed by atoms with E-state index in [-0.39, 0.29) is 0 Å². The van der Waals surface area contributed by atoms with Crippen molar-refractivity contribution in [2.75, 3.05) is 6.61 Å². The van der Waals surface area contributed by atoms with Crippen LogP contribution in [0.5, 0.6) is 0 Å². The maximum atomic E-state index is 9.19. The molecule has 70 valence electrons. The molecule has 0 aliphatic heterocycles. The molecule has 2 atom stereocenters. The number of aliphatic hydroxyl groups excluding tert-OH is 1. The van der Waals surface area contributed by atoms with Crippen molar-refractivity contribution in [3.8, 4) is 0 Å². The molecule has 0 heterocycles. The van der Waals surface area contributed by atoms with Crippen molar-refractivity contribution in [2.24, 2.45) is 5.92 Å². The zero-order valence-electron chi connectivity index (χ0n) is 8.03. The van der Waals surface area contributed by atoms with Crippen LogP contribution in [0.1, 0.15) is 30.4 Å². The van der Waals surface area contributed by atoms with E-state index in [1.165, 1.54) is 11.1 Å². The summed E-state index contributed by atoms with van der Waals surface area (Å²) in [5.41, 5.74) is 2.91. The smallest absolute Gasteiger partial charge is 0.0465 e. The highest BCUT2D eigenvalue weighted by Crippen LogP contribution is 2.35. The second-order valence-electron chi connectivity index (χ2n) is 3.97. The van der Waals surface area contributed by atoms with E-state index in [2.05, 4.69) is 31.2 Å².